The summed E-state index contributed by atoms with van der Waals surface area (Å²) >= 11 is 5.63. The molecule has 0 aliphatic heterocycles. The van der Waals surface area contributed by atoms with Crippen LogP contribution in [-0.4, -0.2) is 29.7 Å². The molecule has 0 saturated carbocycles. The zero-order valence-electron chi connectivity index (χ0n) is 8.77. The maximum absolute atomic E-state index is 10.7. The third-order valence-corrected chi connectivity index (χ3v) is 1.98. The maximum Gasteiger partial charge on any atom is 0.312 e. The van der Waals surface area contributed by atoms with Crippen LogP contribution in [-0.2, 0) is 4.74 Å². The van der Waals surface area contributed by atoms with E-state index in [1.807, 2.05) is 6.92 Å². The van der Waals surface area contributed by atoms with Gasteiger partial charge in [-0.1, -0.05) is 11.6 Å². The van der Waals surface area contributed by atoms with Crippen LogP contribution in [0.4, 0.5) is 11.5 Å². The summed E-state index contributed by atoms with van der Waals surface area (Å²) in [6.07, 6.45) is 1.36. The topological polar surface area (TPSA) is 77.3 Å². The molecule has 1 rings (SSSR count). The molecule has 88 valence electrons. The zero-order valence-corrected chi connectivity index (χ0v) is 9.53. The van der Waals surface area contributed by atoms with Crippen molar-refractivity contribution < 1.29 is 9.66 Å². The molecule has 1 aromatic rings. The van der Waals surface area contributed by atoms with Crippen LogP contribution in [0, 0.1) is 10.1 Å². The third kappa shape index (κ3) is 3.63. The summed E-state index contributed by atoms with van der Waals surface area (Å²) in [5.74, 6) is 0.203. The molecule has 0 bridgehead atoms. The van der Waals surface area contributed by atoms with Crippen LogP contribution < -0.4 is 5.32 Å². The predicted molar refractivity (Wildman–Crippen MR) is 60.9 cm³/mol. The van der Waals surface area contributed by atoms with Gasteiger partial charge in [0.1, 0.15) is 0 Å². The number of nitro groups is 1. The molecule has 0 aromatic carbocycles. The van der Waals surface area contributed by atoms with Crippen LogP contribution in [0.1, 0.15) is 6.92 Å². The molecule has 0 saturated heterocycles. The van der Waals surface area contributed by atoms with E-state index in [-0.39, 0.29) is 16.5 Å². The number of pyridine rings is 1. The normalized spacial score (nSPS) is 10.1. The quantitative estimate of drug-likeness (QED) is 0.472. The molecular weight excluding hydrogens is 234 g/mol. The highest BCUT2D eigenvalue weighted by molar-refractivity contribution is 6.30. The SMILES string of the molecule is CCOCCNc1ncc(Cl)cc1[N+](=O)[O-]. The Morgan fingerprint density at radius 3 is 3.06 bits per heavy atom. The second-order valence-electron chi connectivity index (χ2n) is 2.90. The summed E-state index contributed by atoms with van der Waals surface area (Å²) in [4.78, 5) is 14.0. The van der Waals surface area contributed by atoms with Crippen LogP contribution in [0.15, 0.2) is 12.3 Å². The summed E-state index contributed by atoms with van der Waals surface area (Å²) in [6, 6.07) is 1.26. The summed E-state index contributed by atoms with van der Waals surface area (Å²) in [7, 11) is 0. The Morgan fingerprint density at radius 1 is 1.69 bits per heavy atom. The smallest absolute Gasteiger partial charge is 0.312 e. The van der Waals surface area contributed by atoms with E-state index in [9.17, 15) is 10.1 Å². The number of rotatable bonds is 6. The summed E-state index contributed by atoms with van der Waals surface area (Å²) in [5, 5.41) is 13.8. The minimum atomic E-state index is -0.526. The zero-order chi connectivity index (χ0) is 12.0. The molecule has 0 aliphatic rings. The molecule has 6 nitrogen and oxygen atoms in total. The second kappa shape index (κ2) is 6.24. The van der Waals surface area contributed by atoms with Gasteiger partial charge in [0.25, 0.3) is 0 Å². The highest BCUT2D eigenvalue weighted by Crippen LogP contribution is 2.24. The van der Waals surface area contributed by atoms with Gasteiger partial charge in [-0.3, -0.25) is 10.1 Å². The lowest BCUT2D eigenvalue weighted by atomic mass is 10.4. The van der Waals surface area contributed by atoms with Gasteiger partial charge in [-0.2, -0.15) is 0 Å². The summed E-state index contributed by atoms with van der Waals surface area (Å²) < 4.78 is 5.09. The Morgan fingerprint density at radius 2 is 2.44 bits per heavy atom. The molecule has 0 spiro atoms. The molecular formula is C9H12ClN3O3. The molecule has 0 radical (unpaired) electrons. The van der Waals surface area contributed by atoms with E-state index in [1.165, 1.54) is 12.3 Å². The molecule has 7 heteroatoms. The van der Waals surface area contributed by atoms with Gasteiger partial charge in [-0.15, -0.1) is 0 Å². The van der Waals surface area contributed by atoms with Gasteiger partial charge in [-0.25, -0.2) is 4.98 Å². The summed E-state index contributed by atoms with van der Waals surface area (Å²) in [5.41, 5.74) is -0.135. The molecule has 0 fully saturated rings. The van der Waals surface area contributed by atoms with Gasteiger partial charge in [0.2, 0.25) is 5.82 Å². The fraction of sp³-hybridized carbons (Fsp3) is 0.444. The van der Waals surface area contributed by atoms with Crippen molar-refractivity contribution in [1.82, 2.24) is 4.98 Å². The van der Waals surface area contributed by atoms with Gasteiger partial charge in [-0.05, 0) is 6.92 Å². The molecule has 0 amide bonds. The number of nitrogens with zero attached hydrogens (tertiary/aromatic N) is 2. The van der Waals surface area contributed by atoms with Gasteiger partial charge < -0.3 is 10.1 Å². The maximum atomic E-state index is 10.7. The number of aromatic nitrogens is 1. The van der Waals surface area contributed by atoms with E-state index in [0.29, 0.717) is 19.8 Å². The van der Waals surface area contributed by atoms with Crippen LogP contribution in [0.2, 0.25) is 5.02 Å². The molecule has 1 heterocycles. The monoisotopic (exact) mass is 245 g/mol. The van der Waals surface area contributed by atoms with Crippen LogP contribution in [0.5, 0.6) is 0 Å². The van der Waals surface area contributed by atoms with E-state index in [4.69, 9.17) is 16.3 Å². The third-order valence-electron chi connectivity index (χ3n) is 1.77. The fourth-order valence-electron chi connectivity index (χ4n) is 1.09. The Hall–Kier alpha value is -1.40. The van der Waals surface area contributed by atoms with E-state index >= 15 is 0 Å². The number of hydrogen-bond donors (Lipinski definition) is 1. The van der Waals surface area contributed by atoms with Crippen molar-refractivity contribution >= 4 is 23.1 Å². The largest absolute Gasteiger partial charge is 0.380 e. The van der Waals surface area contributed by atoms with Gasteiger partial charge in [0.15, 0.2) is 0 Å². The fourth-order valence-corrected chi connectivity index (χ4v) is 1.24. The number of halogens is 1. The van der Waals surface area contributed by atoms with Crippen molar-refractivity contribution in [3.8, 4) is 0 Å². The van der Waals surface area contributed by atoms with E-state index < -0.39 is 4.92 Å². The van der Waals surface area contributed by atoms with Crippen molar-refractivity contribution in [3.63, 3.8) is 0 Å². The molecule has 0 atom stereocenters. The standard InChI is InChI=1S/C9H12ClN3O3/c1-2-16-4-3-11-9-8(13(14)15)5-7(10)6-12-9/h5-6H,2-4H2,1H3,(H,11,12). The Kier molecular flexibility index (Phi) is 4.94. The lowest BCUT2D eigenvalue weighted by Gasteiger charge is -2.05. The highest BCUT2D eigenvalue weighted by atomic mass is 35.5. The Labute approximate surface area is 97.7 Å². The summed E-state index contributed by atoms with van der Waals surface area (Å²) in [6.45, 7) is 3.42. The predicted octanol–water partition coefficient (Wildman–Crippen LogP) is 2.09. The average Bonchev–Trinajstić information content (AvgIpc) is 2.26. The molecule has 1 N–H and O–H groups in total. The number of anilines is 1. The van der Waals surface area contributed by atoms with Crippen molar-refractivity contribution in [1.29, 1.82) is 0 Å². The molecule has 0 unspecified atom stereocenters. The van der Waals surface area contributed by atoms with Crippen molar-refractivity contribution in [3.05, 3.63) is 27.4 Å². The number of ether oxygens (including phenoxy) is 1. The highest BCUT2D eigenvalue weighted by Gasteiger charge is 2.15. The van der Waals surface area contributed by atoms with Crippen molar-refractivity contribution in [2.24, 2.45) is 0 Å². The molecule has 1 aromatic heterocycles. The number of nitrogens with one attached hydrogen (secondary N) is 1. The van der Waals surface area contributed by atoms with Crippen LogP contribution in [0.25, 0.3) is 0 Å². The van der Waals surface area contributed by atoms with E-state index in [2.05, 4.69) is 10.3 Å². The lowest BCUT2D eigenvalue weighted by molar-refractivity contribution is -0.384. The Balaban J connectivity index is 2.67. The first kappa shape index (κ1) is 12.7. The average molecular weight is 246 g/mol. The Bertz CT molecular complexity index is 373. The van der Waals surface area contributed by atoms with Crippen molar-refractivity contribution in [2.45, 2.75) is 6.92 Å². The van der Waals surface area contributed by atoms with Gasteiger partial charge >= 0.3 is 5.69 Å². The van der Waals surface area contributed by atoms with Crippen molar-refractivity contribution in [2.75, 3.05) is 25.1 Å². The van der Waals surface area contributed by atoms with Crippen LogP contribution >= 0.6 is 11.6 Å². The second-order valence-corrected chi connectivity index (χ2v) is 3.34. The minimum Gasteiger partial charge on any atom is -0.380 e. The van der Waals surface area contributed by atoms with Gasteiger partial charge in [0, 0.05) is 25.4 Å². The minimum absolute atomic E-state index is 0.135. The first-order valence-corrected chi connectivity index (χ1v) is 5.14. The number of hydrogen-bond acceptors (Lipinski definition) is 5. The molecule has 16 heavy (non-hydrogen) atoms. The van der Waals surface area contributed by atoms with Gasteiger partial charge in [0.05, 0.1) is 16.6 Å². The first-order valence-electron chi connectivity index (χ1n) is 4.76. The van der Waals surface area contributed by atoms with Crippen LogP contribution in [0.3, 0.4) is 0 Å². The molecule has 0 aliphatic carbocycles. The lowest BCUT2D eigenvalue weighted by Crippen LogP contribution is -2.11. The van der Waals surface area contributed by atoms with E-state index in [1.54, 1.807) is 0 Å². The first-order chi connectivity index (χ1) is 7.65. The van der Waals surface area contributed by atoms with E-state index in [0.717, 1.165) is 0 Å².